The van der Waals surface area contributed by atoms with Crippen molar-refractivity contribution in [3.63, 3.8) is 0 Å². The minimum Gasteiger partial charge on any atom is -0.478 e. The van der Waals surface area contributed by atoms with Crippen LogP contribution < -0.4 is 15.0 Å². The van der Waals surface area contributed by atoms with Crippen LogP contribution in [0.25, 0.3) is 0 Å². The van der Waals surface area contributed by atoms with Gasteiger partial charge in [0, 0.05) is 25.2 Å². The van der Waals surface area contributed by atoms with Gasteiger partial charge in [0.15, 0.2) is 0 Å². The van der Waals surface area contributed by atoms with Crippen molar-refractivity contribution >= 4 is 5.82 Å². The molecule has 0 aliphatic carbocycles. The predicted molar refractivity (Wildman–Crippen MR) is 78.9 cm³/mol. The monoisotopic (exact) mass is 263 g/mol. The van der Waals surface area contributed by atoms with Crippen LogP contribution in [0.4, 0.5) is 5.82 Å². The van der Waals surface area contributed by atoms with Crippen molar-refractivity contribution in [1.29, 1.82) is 0 Å². The summed E-state index contributed by atoms with van der Waals surface area (Å²) in [6.07, 6.45) is 3.60. The third-order valence-corrected chi connectivity index (χ3v) is 3.50. The van der Waals surface area contributed by atoms with Gasteiger partial charge in [0.25, 0.3) is 0 Å². The molecule has 1 saturated heterocycles. The number of aromatic nitrogens is 1. The molecular formula is C15H25N3O. The Kier molecular flexibility index (Phi) is 5.45. The zero-order valence-corrected chi connectivity index (χ0v) is 12.1. The van der Waals surface area contributed by atoms with Crippen LogP contribution in [0.5, 0.6) is 5.88 Å². The van der Waals surface area contributed by atoms with Crippen LogP contribution in [-0.4, -0.2) is 37.3 Å². The van der Waals surface area contributed by atoms with Crippen molar-refractivity contribution in [2.24, 2.45) is 0 Å². The number of pyridine rings is 1. The number of piperidine rings is 1. The van der Waals surface area contributed by atoms with Crippen LogP contribution in [0, 0.1) is 0 Å². The molecule has 0 unspecified atom stereocenters. The second kappa shape index (κ2) is 7.34. The fraction of sp³-hybridized carbons (Fsp3) is 0.667. The average Bonchev–Trinajstić information content (AvgIpc) is 2.46. The first kappa shape index (κ1) is 14.1. The number of anilines is 1. The van der Waals surface area contributed by atoms with Gasteiger partial charge in [0.05, 0.1) is 6.61 Å². The minimum absolute atomic E-state index is 0.666. The Bertz CT molecular complexity index is 375. The Morgan fingerprint density at radius 2 is 2.11 bits per heavy atom. The fourth-order valence-corrected chi connectivity index (χ4v) is 2.47. The first-order valence-electron chi connectivity index (χ1n) is 7.41. The molecule has 1 N–H and O–H groups in total. The maximum Gasteiger partial charge on any atom is 0.215 e. The lowest BCUT2D eigenvalue weighted by molar-refractivity contribution is 0.326. The highest BCUT2D eigenvalue weighted by Gasteiger charge is 2.19. The third-order valence-electron chi connectivity index (χ3n) is 3.50. The molecule has 0 saturated carbocycles. The van der Waals surface area contributed by atoms with Gasteiger partial charge in [0.1, 0.15) is 5.82 Å². The molecule has 0 radical (unpaired) electrons. The summed E-state index contributed by atoms with van der Waals surface area (Å²) in [5.41, 5.74) is 0. The highest BCUT2D eigenvalue weighted by Crippen LogP contribution is 2.20. The van der Waals surface area contributed by atoms with Crippen molar-refractivity contribution in [3.05, 3.63) is 18.2 Å². The first-order chi connectivity index (χ1) is 9.33. The average molecular weight is 263 g/mol. The molecule has 0 bridgehead atoms. The van der Waals surface area contributed by atoms with E-state index in [9.17, 15) is 0 Å². The van der Waals surface area contributed by atoms with Gasteiger partial charge in [-0.3, -0.25) is 0 Å². The molecule has 1 aliphatic rings. The smallest absolute Gasteiger partial charge is 0.215 e. The molecular weight excluding hydrogens is 238 g/mol. The number of rotatable bonds is 6. The molecule has 2 heterocycles. The molecule has 1 aliphatic heterocycles. The highest BCUT2D eigenvalue weighted by atomic mass is 16.5. The van der Waals surface area contributed by atoms with Crippen molar-refractivity contribution in [3.8, 4) is 5.88 Å². The third kappa shape index (κ3) is 4.10. The van der Waals surface area contributed by atoms with Crippen molar-refractivity contribution in [2.75, 3.05) is 31.1 Å². The van der Waals surface area contributed by atoms with Gasteiger partial charge in [-0.2, -0.15) is 4.98 Å². The van der Waals surface area contributed by atoms with Gasteiger partial charge in [0.2, 0.25) is 5.88 Å². The van der Waals surface area contributed by atoms with Gasteiger partial charge in [-0.25, -0.2) is 0 Å². The second-order valence-electron chi connectivity index (χ2n) is 4.98. The van der Waals surface area contributed by atoms with E-state index in [0.717, 1.165) is 31.3 Å². The number of hydrogen-bond acceptors (Lipinski definition) is 4. The lowest BCUT2D eigenvalue weighted by atomic mass is 10.0. The van der Waals surface area contributed by atoms with E-state index in [1.807, 2.05) is 19.1 Å². The predicted octanol–water partition coefficient (Wildman–Crippen LogP) is 2.45. The lowest BCUT2D eigenvalue weighted by Gasteiger charge is -2.33. The summed E-state index contributed by atoms with van der Waals surface area (Å²) in [6.45, 7) is 8.14. The lowest BCUT2D eigenvalue weighted by Crippen LogP contribution is -2.43. The zero-order chi connectivity index (χ0) is 13.5. The highest BCUT2D eigenvalue weighted by molar-refractivity contribution is 5.41. The maximum atomic E-state index is 5.46. The molecule has 0 spiro atoms. The zero-order valence-electron chi connectivity index (χ0n) is 12.1. The Morgan fingerprint density at radius 3 is 2.79 bits per heavy atom. The molecule has 0 amide bonds. The Hall–Kier alpha value is -1.29. The number of hydrogen-bond donors (Lipinski definition) is 1. The molecule has 1 aromatic heterocycles. The van der Waals surface area contributed by atoms with Crippen molar-refractivity contribution in [2.45, 2.75) is 39.2 Å². The summed E-state index contributed by atoms with van der Waals surface area (Å²) in [5.74, 6) is 1.77. The Labute approximate surface area is 116 Å². The van der Waals surface area contributed by atoms with Crippen LogP contribution in [0.15, 0.2) is 18.2 Å². The van der Waals surface area contributed by atoms with Crippen LogP contribution >= 0.6 is 0 Å². The quantitative estimate of drug-likeness (QED) is 0.855. The first-order valence-corrected chi connectivity index (χ1v) is 7.41. The second-order valence-corrected chi connectivity index (χ2v) is 4.98. The number of nitrogens with one attached hydrogen (secondary N) is 1. The molecule has 0 atom stereocenters. The van der Waals surface area contributed by atoms with Gasteiger partial charge in [-0.05, 0) is 38.8 Å². The summed E-state index contributed by atoms with van der Waals surface area (Å²) in [7, 11) is 0. The fourth-order valence-electron chi connectivity index (χ4n) is 2.47. The molecule has 4 nitrogen and oxygen atoms in total. The van der Waals surface area contributed by atoms with Crippen LogP contribution in [0.3, 0.4) is 0 Å². The summed E-state index contributed by atoms with van der Waals surface area (Å²) < 4.78 is 5.46. The van der Waals surface area contributed by atoms with E-state index >= 15 is 0 Å². The maximum absolute atomic E-state index is 5.46. The topological polar surface area (TPSA) is 37.4 Å². The molecule has 4 heteroatoms. The summed E-state index contributed by atoms with van der Waals surface area (Å²) in [4.78, 5) is 6.91. The van der Waals surface area contributed by atoms with E-state index in [1.165, 1.54) is 19.3 Å². The molecule has 106 valence electrons. The van der Waals surface area contributed by atoms with E-state index in [-0.39, 0.29) is 0 Å². The summed E-state index contributed by atoms with van der Waals surface area (Å²) >= 11 is 0. The summed E-state index contributed by atoms with van der Waals surface area (Å²) in [6, 6.07) is 6.69. The molecule has 1 aromatic rings. The largest absolute Gasteiger partial charge is 0.478 e. The molecule has 19 heavy (non-hydrogen) atoms. The summed E-state index contributed by atoms with van der Waals surface area (Å²) in [5, 5.41) is 3.60. The van der Waals surface area contributed by atoms with Crippen LogP contribution in [0.2, 0.25) is 0 Å². The van der Waals surface area contributed by atoms with Gasteiger partial charge in [-0.1, -0.05) is 13.0 Å². The van der Waals surface area contributed by atoms with Crippen molar-refractivity contribution in [1.82, 2.24) is 10.3 Å². The van der Waals surface area contributed by atoms with E-state index in [2.05, 4.69) is 28.2 Å². The Morgan fingerprint density at radius 1 is 1.32 bits per heavy atom. The Balaban J connectivity index is 1.88. The number of ether oxygens (including phenoxy) is 1. The van der Waals surface area contributed by atoms with E-state index in [4.69, 9.17) is 4.74 Å². The van der Waals surface area contributed by atoms with E-state index in [1.54, 1.807) is 0 Å². The van der Waals surface area contributed by atoms with Crippen LogP contribution in [0.1, 0.15) is 33.1 Å². The van der Waals surface area contributed by atoms with Gasteiger partial charge >= 0.3 is 0 Å². The van der Waals surface area contributed by atoms with E-state index in [0.29, 0.717) is 12.6 Å². The molecule has 1 fully saturated rings. The molecule has 0 aromatic carbocycles. The van der Waals surface area contributed by atoms with Gasteiger partial charge < -0.3 is 15.0 Å². The SMILES string of the molecule is CCCNC1CCN(c2cccc(OCC)n2)CC1. The molecule has 2 rings (SSSR count). The van der Waals surface area contributed by atoms with Gasteiger partial charge in [-0.15, -0.1) is 0 Å². The standard InChI is InChI=1S/C15H25N3O/c1-3-10-16-13-8-11-18(12-9-13)14-6-5-7-15(17-14)19-4-2/h5-7,13,16H,3-4,8-12H2,1-2H3. The normalized spacial score (nSPS) is 16.6. The van der Waals surface area contributed by atoms with Crippen molar-refractivity contribution < 1.29 is 4.74 Å². The van der Waals surface area contributed by atoms with E-state index < -0.39 is 0 Å². The van der Waals surface area contributed by atoms with Crippen LogP contribution in [-0.2, 0) is 0 Å². The number of nitrogens with zero attached hydrogens (tertiary/aromatic N) is 2. The minimum atomic E-state index is 0.666.